The number of rotatable bonds is 4. The zero-order valence-electron chi connectivity index (χ0n) is 11.8. The van der Waals surface area contributed by atoms with Gasteiger partial charge in [0.2, 0.25) is 0 Å². The lowest BCUT2D eigenvalue weighted by molar-refractivity contribution is -0.0163. The van der Waals surface area contributed by atoms with E-state index in [4.69, 9.17) is 5.26 Å². The molecule has 0 spiro atoms. The largest absolute Gasteiger partial charge is 0.388 e. The lowest BCUT2D eigenvalue weighted by Gasteiger charge is -2.30. The highest BCUT2D eigenvalue weighted by molar-refractivity contribution is 5.32. The first-order chi connectivity index (χ1) is 10.2. The molecule has 1 aliphatic rings. The smallest absolute Gasteiger partial charge is 0.137 e. The van der Waals surface area contributed by atoms with E-state index in [2.05, 4.69) is 16.2 Å². The topological polar surface area (TPSA) is 74.7 Å². The van der Waals surface area contributed by atoms with Crippen molar-refractivity contribution < 1.29 is 5.11 Å². The van der Waals surface area contributed by atoms with E-state index in [0.29, 0.717) is 12.1 Å². The Morgan fingerprint density at radius 1 is 1.38 bits per heavy atom. The van der Waals surface area contributed by atoms with Crippen LogP contribution in [0.1, 0.15) is 30.4 Å². The second-order valence-electron chi connectivity index (χ2n) is 5.80. The molecule has 1 fully saturated rings. The fourth-order valence-electron chi connectivity index (χ4n) is 3.22. The predicted molar refractivity (Wildman–Crippen MR) is 77.2 cm³/mol. The molecule has 1 aliphatic carbocycles. The van der Waals surface area contributed by atoms with Crippen molar-refractivity contribution in [3.63, 3.8) is 0 Å². The van der Waals surface area contributed by atoms with Crippen molar-refractivity contribution in [2.45, 2.75) is 37.8 Å². The molecule has 0 saturated heterocycles. The van der Waals surface area contributed by atoms with Gasteiger partial charge in [0.25, 0.3) is 0 Å². The molecule has 3 rings (SSSR count). The van der Waals surface area contributed by atoms with Crippen LogP contribution in [-0.4, -0.2) is 25.5 Å². The van der Waals surface area contributed by atoms with Gasteiger partial charge in [0.15, 0.2) is 0 Å². The van der Waals surface area contributed by atoms with Crippen LogP contribution in [0, 0.1) is 17.2 Å². The van der Waals surface area contributed by atoms with Gasteiger partial charge in [0.05, 0.1) is 23.8 Å². The predicted octanol–water partition coefficient (Wildman–Crippen LogP) is 1.92. The Labute approximate surface area is 123 Å². The van der Waals surface area contributed by atoms with Gasteiger partial charge in [-0.15, -0.1) is 0 Å². The van der Waals surface area contributed by atoms with Gasteiger partial charge in [0.1, 0.15) is 12.7 Å². The lowest BCUT2D eigenvalue weighted by atomic mass is 9.85. The van der Waals surface area contributed by atoms with Gasteiger partial charge in [-0.1, -0.05) is 18.6 Å². The summed E-state index contributed by atoms with van der Waals surface area (Å²) in [6.45, 7) is 0.494. The third kappa shape index (κ3) is 2.96. The van der Waals surface area contributed by atoms with E-state index >= 15 is 0 Å². The number of aliphatic hydroxyl groups is 1. The van der Waals surface area contributed by atoms with Crippen molar-refractivity contribution in [3.05, 3.63) is 48.0 Å². The highest BCUT2D eigenvalue weighted by Crippen LogP contribution is 2.39. The molecular weight excluding hydrogens is 264 g/mol. The number of aromatic nitrogens is 3. The van der Waals surface area contributed by atoms with E-state index in [1.165, 1.54) is 6.33 Å². The Morgan fingerprint density at radius 3 is 2.86 bits per heavy atom. The van der Waals surface area contributed by atoms with E-state index in [9.17, 15) is 5.11 Å². The van der Waals surface area contributed by atoms with E-state index in [-0.39, 0.29) is 5.92 Å². The van der Waals surface area contributed by atoms with Gasteiger partial charge < -0.3 is 5.11 Å². The quantitative estimate of drug-likeness (QED) is 0.929. The summed E-state index contributed by atoms with van der Waals surface area (Å²) in [5.41, 5.74) is 1.11. The SMILES string of the molecule is N#Cc1ccc(CC2CCCC2(O)Cn2cncn2)cc1. The van der Waals surface area contributed by atoms with E-state index in [0.717, 1.165) is 31.2 Å². The number of hydrogen-bond acceptors (Lipinski definition) is 4. The van der Waals surface area contributed by atoms with Crippen molar-refractivity contribution in [3.8, 4) is 6.07 Å². The highest BCUT2D eigenvalue weighted by Gasteiger charge is 2.41. The van der Waals surface area contributed by atoms with E-state index in [1.54, 1.807) is 11.0 Å². The monoisotopic (exact) mass is 282 g/mol. The standard InChI is InChI=1S/C16H18N4O/c17-9-14-5-3-13(4-6-14)8-15-2-1-7-16(15,21)10-20-12-18-11-19-20/h3-6,11-12,15,21H,1-2,7-8,10H2. The van der Waals surface area contributed by atoms with Crippen LogP contribution < -0.4 is 0 Å². The minimum atomic E-state index is -0.721. The average molecular weight is 282 g/mol. The van der Waals surface area contributed by atoms with Crippen LogP contribution >= 0.6 is 0 Å². The third-order valence-corrected chi connectivity index (χ3v) is 4.39. The molecule has 5 heteroatoms. The maximum absolute atomic E-state index is 10.9. The Bertz CT molecular complexity index is 629. The Kier molecular flexibility index (Phi) is 3.72. The van der Waals surface area contributed by atoms with Gasteiger partial charge in [-0.2, -0.15) is 10.4 Å². The fraction of sp³-hybridized carbons (Fsp3) is 0.438. The van der Waals surface area contributed by atoms with E-state index in [1.807, 2.05) is 24.3 Å². The van der Waals surface area contributed by atoms with Crippen molar-refractivity contribution in [1.82, 2.24) is 14.8 Å². The molecule has 21 heavy (non-hydrogen) atoms. The van der Waals surface area contributed by atoms with Crippen LogP contribution in [0.4, 0.5) is 0 Å². The highest BCUT2D eigenvalue weighted by atomic mass is 16.3. The molecule has 1 N–H and O–H groups in total. The van der Waals surface area contributed by atoms with Gasteiger partial charge >= 0.3 is 0 Å². The lowest BCUT2D eigenvalue weighted by Crippen LogP contribution is -2.39. The molecule has 0 aliphatic heterocycles. The molecule has 5 nitrogen and oxygen atoms in total. The van der Waals surface area contributed by atoms with Crippen LogP contribution in [0.3, 0.4) is 0 Å². The third-order valence-electron chi connectivity index (χ3n) is 4.39. The molecule has 2 unspecified atom stereocenters. The molecule has 2 aromatic rings. The second kappa shape index (κ2) is 5.66. The Hall–Kier alpha value is -2.19. The Balaban J connectivity index is 1.72. The molecule has 1 saturated carbocycles. The summed E-state index contributed by atoms with van der Waals surface area (Å²) < 4.78 is 1.71. The minimum Gasteiger partial charge on any atom is -0.388 e. The maximum atomic E-state index is 10.9. The summed E-state index contributed by atoms with van der Waals surface area (Å²) in [6.07, 6.45) is 6.82. The maximum Gasteiger partial charge on any atom is 0.137 e. The number of nitriles is 1. The molecule has 1 heterocycles. The Morgan fingerprint density at radius 2 is 2.19 bits per heavy atom. The first kappa shape index (κ1) is 13.8. The summed E-state index contributed by atoms with van der Waals surface area (Å²) in [5, 5.41) is 23.9. The summed E-state index contributed by atoms with van der Waals surface area (Å²) in [6, 6.07) is 9.75. The van der Waals surface area contributed by atoms with Crippen LogP contribution in [0.2, 0.25) is 0 Å². The van der Waals surface area contributed by atoms with Gasteiger partial charge in [-0.05, 0) is 42.9 Å². The van der Waals surface area contributed by atoms with Gasteiger partial charge in [-0.3, -0.25) is 4.68 Å². The van der Waals surface area contributed by atoms with Gasteiger partial charge in [0, 0.05) is 0 Å². The molecule has 1 aromatic carbocycles. The number of nitrogens with zero attached hydrogens (tertiary/aromatic N) is 4. The zero-order chi connectivity index (χ0) is 14.7. The second-order valence-corrected chi connectivity index (χ2v) is 5.80. The number of hydrogen-bond donors (Lipinski definition) is 1. The first-order valence-electron chi connectivity index (χ1n) is 7.23. The zero-order valence-corrected chi connectivity index (χ0v) is 11.8. The molecule has 0 radical (unpaired) electrons. The van der Waals surface area contributed by atoms with Crippen molar-refractivity contribution >= 4 is 0 Å². The normalized spacial score (nSPS) is 24.9. The summed E-state index contributed by atoms with van der Waals surface area (Å²) >= 11 is 0. The molecule has 0 bridgehead atoms. The summed E-state index contributed by atoms with van der Waals surface area (Å²) in [7, 11) is 0. The van der Waals surface area contributed by atoms with E-state index < -0.39 is 5.60 Å². The van der Waals surface area contributed by atoms with Crippen molar-refractivity contribution in [1.29, 1.82) is 5.26 Å². The molecule has 1 aromatic heterocycles. The summed E-state index contributed by atoms with van der Waals surface area (Å²) in [4.78, 5) is 3.93. The minimum absolute atomic E-state index is 0.217. The molecular formula is C16H18N4O. The number of benzene rings is 1. The average Bonchev–Trinajstić information content (AvgIpc) is 3.11. The first-order valence-corrected chi connectivity index (χ1v) is 7.23. The molecule has 0 amide bonds. The van der Waals surface area contributed by atoms with Crippen LogP contribution in [-0.2, 0) is 13.0 Å². The summed E-state index contributed by atoms with van der Waals surface area (Å²) in [5.74, 6) is 0.217. The fourth-order valence-corrected chi connectivity index (χ4v) is 3.22. The van der Waals surface area contributed by atoms with Crippen molar-refractivity contribution in [2.24, 2.45) is 5.92 Å². The van der Waals surface area contributed by atoms with Crippen LogP contribution in [0.5, 0.6) is 0 Å². The van der Waals surface area contributed by atoms with Crippen LogP contribution in [0.15, 0.2) is 36.9 Å². The molecule has 2 atom stereocenters. The van der Waals surface area contributed by atoms with Gasteiger partial charge in [-0.25, -0.2) is 4.98 Å². The molecule has 108 valence electrons. The van der Waals surface area contributed by atoms with Crippen molar-refractivity contribution in [2.75, 3.05) is 0 Å². The van der Waals surface area contributed by atoms with Crippen LogP contribution in [0.25, 0.3) is 0 Å².